The Bertz CT molecular complexity index is 624. The van der Waals surface area contributed by atoms with Crippen LogP contribution in [0.5, 0.6) is 0 Å². The SMILES string of the molecule is CCN(CC)S(=O)(=O)c1cc2c(cc1Br)NC(=O)C2. The molecule has 5 nitrogen and oxygen atoms in total. The Kier molecular flexibility index (Phi) is 3.98. The largest absolute Gasteiger partial charge is 0.325 e. The Morgan fingerprint density at radius 2 is 1.95 bits per heavy atom. The number of amides is 1. The van der Waals surface area contributed by atoms with Crippen LogP contribution in [0.15, 0.2) is 21.5 Å². The first-order chi connectivity index (χ1) is 8.90. The summed E-state index contributed by atoms with van der Waals surface area (Å²) in [4.78, 5) is 11.5. The van der Waals surface area contributed by atoms with Crippen LogP contribution in [0.2, 0.25) is 0 Å². The van der Waals surface area contributed by atoms with Gasteiger partial charge in [-0.2, -0.15) is 4.31 Å². The van der Waals surface area contributed by atoms with E-state index in [1.165, 1.54) is 4.31 Å². The zero-order valence-corrected chi connectivity index (χ0v) is 13.1. The normalized spacial score (nSPS) is 14.6. The Morgan fingerprint density at radius 1 is 1.32 bits per heavy atom. The third-order valence-electron chi connectivity index (χ3n) is 3.11. The number of anilines is 1. The topological polar surface area (TPSA) is 66.5 Å². The summed E-state index contributed by atoms with van der Waals surface area (Å²) in [5.74, 6) is -0.112. The van der Waals surface area contributed by atoms with Crippen molar-refractivity contribution in [2.24, 2.45) is 0 Å². The van der Waals surface area contributed by atoms with Crippen LogP contribution in [0.4, 0.5) is 5.69 Å². The number of nitrogens with zero attached hydrogens (tertiary/aromatic N) is 1. The van der Waals surface area contributed by atoms with Crippen LogP contribution < -0.4 is 5.32 Å². The highest BCUT2D eigenvalue weighted by Gasteiger charge is 2.28. The number of rotatable bonds is 4. The molecule has 1 heterocycles. The summed E-state index contributed by atoms with van der Waals surface area (Å²) in [7, 11) is -3.52. The van der Waals surface area contributed by atoms with Crippen molar-refractivity contribution in [2.45, 2.75) is 25.2 Å². The van der Waals surface area contributed by atoms with E-state index in [1.807, 2.05) is 0 Å². The second-order valence-electron chi connectivity index (χ2n) is 4.25. The summed E-state index contributed by atoms with van der Waals surface area (Å²) in [6.07, 6.45) is 0.226. The van der Waals surface area contributed by atoms with Gasteiger partial charge in [0.2, 0.25) is 15.9 Å². The molecule has 7 heteroatoms. The molecule has 0 atom stereocenters. The van der Waals surface area contributed by atoms with Gasteiger partial charge in [0, 0.05) is 23.2 Å². The summed E-state index contributed by atoms with van der Waals surface area (Å²) in [5.41, 5.74) is 1.40. The summed E-state index contributed by atoms with van der Waals surface area (Å²) < 4.78 is 26.8. The average Bonchev–Trinajstić information content (AvgIpc) is 2.68. The number of nitrogens with one attached hydrogen (secondary N) is 1. The maximum absolute atomic E-state index is 12.5. The quantitative estimate of drug-likeness (QED) is 0.906. The predicted molar refractivity (Wildman–Crippen MR) is 76.6 cm³/mol. The summed E-state index contributed by atoms with van der Waals surface area (Å²) in [5, 5.41) is 2.70. The fraction of sp³-hybridized carbons (Fsp3) is 0.417. The molecule has 0 saturated heterocycles. The van der Waals surface area contributed by atoms with Crippen molar-refractivity contribution in [3.05, 3.63) is 22.2 Å². The van der Waals surface area contributed by atoms with E-state index in [-0.39, 0.29) is 17.2 Å². The first kappa shape index (κ1) is 14.5. The molecule has 0 saturated carbocycles. The number of benzene rings is 1. The van der Waals surface area contributed by atoms with E-state index in [0.717, 1.165) is 5.56 Å². The van der Waals surface area contributed by atoms with Gasteiger partial charge < -0.3 is 5.32 Å². The molecule has 1 amide bonds. The molecule has 104 valence electrons. The van der Waals surface area contributed by atoms with Gasteiger partial charge in [-0.05, 0) is 33.6 Å². The summed E-state index contributed by atoms with van der Waals surface area (Å²) in [6, 6.07) is 3.22. The second-order valence-corrected chi connectivity index (χ2v) is 7.01. The van der Waals surface area contributed by atoms with Gasteiger partial charge in [-0.15, -0.1) is 0 Å². The molecule has 0 unspecified atom stereocenters. The molecular formula is C12H15BrN2O3S. The van der Waals surface area contributed by atoms with Crippen molar-refractivity contribution in [3.63, 3.8) is 0 Å². The lowest BCUT2D eigenvalue weighted by Gasteiger charge is -2.19. The first-order valence-corrected chi connectivity index (χ1v) is 8.25. The van der Waals surface area contributed by atoms with Crippen LogP contribution in [0, 0.1) is 0 Å². The smallest absolute Gasteiger partial charge is 0.244 e. The molecule has 2 rings (SSSR count). The van der Waals surface area contributed by atoms with E-state index >= 15 is 0 Å². The van der Waals surface area contributed by atoms with Crippen molar-refractivity contribution in [1.82, 2.24) is 4.31 Å². The molecule has 0 radical (unpaired) electrons. The van der Waals surface area contributed by atoms with E-state index in [1.54, 1.807) is 26.0 Å². The van der Waals surface area contributed by atoms with Gasteiger partial charge in [0.25, 0.3) is 0 Å². The molecule has 1 aliphatic rings. The minimum Gasteiger partial charge on any atom is -0.325 e. The van der Waals surface area contributed by atoms with Crippen LogP contribution in [-0.4, -0.2) is 31.7 Å². The maximum atomic E-state index is 12.5. The van der Waals surface area contributed by atoms with Gasteiger partial charge in [0.1, 0.15) is 0 Å². The van der Waals surface area contributed by atoms with E-state index in [2.05, 4.69) is 21.2 Å². The van der Waals surface area contributed by atoms with Gasteiger partial charge in [0.05, 0.1) is 11.3 Å². The lowest BCUT2D eigenvalue weighted by Crippen LogP contribution is -2.30. The highest BCUT2D eigenvalue weighted by atomic mass is 79.9. The molecule has 0 fully saturated rings. The second kappa shape index (κ2) is 5.22. The first-order valence-electron chi connectivity index (χ1n) is 6.02. The number of halogens is 1. The van der Waals surface area contributed by atoms with E-state index in [0.29, 0.717) is 23.2 Å². The summed E-state index contributed by atoms with van der Waals surface area (Å²) in [6.45, 7) is 4.43. The van der Waals surface area contributed by atoms with Crippen LogP contribution in [0.25, 0.3) is 0 Å². The molecule has 0 aromatic heterocycles. The number of hydrogen-bond acceptors (Lipinski definition) is 3. The Hall–Kier alpha value is -0.920. The van der Waals surface area contributed by atoms with Gasteiger partial charge in [-0.3, -0.25) is 4.79 Å². The van der Waals surface area contributed by atoms with E-state index in [4.69, 9.17) is 0 Å². The number of carbonyl (C=O) groups excluding carboxylic acids is 1. The molecule has 19 heavy (non-hydrogen) atoms. The number of carbonyl (C=O) groups is 1. The zero-order chi connectivity index (χ0) is 14.2. The number of fused-ring (bicyclic) bond motifs is 1. The predicted octanol–water partition coefficient (Wildman–Crippen LogP) is 1.97. The minimum atomic E-state index is -3.52. The van der Waals surface area contributed by atoms with Crippen LogP contribution in [0.1, 0.15) is 19.4 Å². The monoisotopic (exact) mass is 346 g/mol. The Morgan fingerprint density at radius 3 is 2.53 bits per heavy atom. The minimum absolute atomic E-state index is 0.112. The highest BCUT2D eigenvalue weighted by molar-refractivity contribution is 9.10. The lowest BCUT2D eigenvalue weighted by atomic mass is 10.2. The fourth-order valence-electron chi connectivity index (χ4n) is 2.13. The van der Waals surface area contributed by atoms with Crippen LogP contribution in [0.3, 0.4) is 0 Å². The Labute approximate surface area is 121 Å². The van der Waals surface area contributed by atoms with Crippen molar-refractivity contribution < 1.29 is 13.2 Å². The third kappa shape index (κ3) is 2.54. The zero-order valence-electron chi connectivity index (χ0n) is 10.7. The van der Waals surface area contributed by atoms with Crippen molar-refractivity contribution in [1.29, 1.82) is 0 Å². The van der Waals surface area contributed by atoms with Gasteiger partial charge in [-0.25, -0.2) is 8.42 Å². The number of sulfonamides is 1. The van der Waals surface area contributed by atoms with Gasteiger partial charge in [-0.1, -0.05) is 13.8 Å². The molecule has 1 aliphatic heterocycles. The molecule has 0 bridgehead atoms. The van der Waals surface area contributed by atoms with Crippen molar-refractivity contribution in [3.8, 4) is 0 Å². The van der Waals surface area contributed by atoms with Gasteiger partial charge in [0.15, 0.2) is 0 Å². The molecule has 1 aromatic rings. The van der Waals surface area contributed by atoms with E-state index < -0.39 is 10.0 Å². The van der Waals surface area contributed by atoms with Crippen molar-refractivity contribution >= 4 is 37.5 Å². The van der Waals surface area contributed by atoms with E-state index in [9.17, 15) is 13.2 Å². The highest BCUT2D eigenvalue weighted by Crippen LogP contribution is 2.33. The Balaban J connectivity index is 2.53. The molecule has 1 aromatic carbocycles. The fourth-order valence-corrected chi connectivity index (χ4v) is 4.64. The maximum Gasteiger partial charge on any atom is 0.244 e. The van der Waals surface area contributed by atoms with Crippen LogP contribution in [-0.2, 0) is 21.2 Å². The molecule has 0 aliphatic carbocycles. The van der Waals surface area contributed by atoms with Crippen LogP contribution >= 0.6 is 15.9 Å². The average molecular weight is 347 g/mol. The summed E-state index contributed by atoms with van der Waals surface area (Å²) >= 11 is 3.28. The number of hydrogen-bond donors (Lipinski definition) is 1. The molecule has 1 N–H and O–H groups in total. The van der Waals surface area contributed by atoms with Crippen molar-refractivity contribution in [2.75, 3.05) is 18.4 Å². The van der Waals surface area contributed by atoms with Gasteiger partial charge >= 0.3 is 0 Å². The molecule has 0 spiro atoms. The third-order valence-corrected chi connectivity index (χ3v) is 6.11. The standard InChI is InChI=1S/C12H15BrN2O3S/c1-3-15(4-2)19(17,18)11-5-8-6-12(16)14-10(8)7-9(11)13/h5,7H,3-4,6H2,1-2H3,(H,14,16). The molecular weight excluding hydrogens is 332 g/mol. The lowest BCUT2D eigenvalue weighted by molar-refractivity contribution is -0.115.